The number of hydrogen-bond acceptors (Lipinski definition) is 4. The van der Waals surface area contributed by atoms with Crippen LogP contribution in [0.2, 0.25) is 0 Å². The Balaban J connectivity index is 1.42. The van der Waals surface area contributed by atoms with Crippen LogP contribution >= 0.6 is 0 Å². The first-order chi connectivity index (χ1) is 13.3. The van der Waals surface area contributed by atoms with Crippen molar-refractivity contribution >= 4 is 17.8 Å². The van der Waals surface area contributed by atoms with Gasteiger partial charge in [-0.15, -0.1) is 0 Å². The fraction of sp³-hybridized carbons (Fsp3) is 0.400. The lowest BCUT2D eigenvalue weighted by molar-refractivity contribution is -0.128. The maximum absolute atomic E-state index is 12.5. The molecule has 2 aromatic rings. The Morgan fingerprint density at radius 3 is 2.50 bits per heavy atom. The Kier molecular flexibility index (Phi) is 4.41. The van der Waals surface area contributed by atoms with Gasteiger partial charge in [-0.1, -0.05) is 6.92 Å². The molecular weight excluding hydrogens is 360 g/mol. The number of likely N-dealkylation sites (tertiary alicyclic amines) is 1. The van der Waals surface area contributed by atoms with E-state index in [9.17, 15) is 14.4 Å². The lowest BCUT2D eigenvalue weighted by Crippen LogP contribution is -2.37. The fourth-order valence-electron chi connectivity index (χ4n) is 3.79. The molecule has 1 saturated heterocycles. The molecular formula is C20H22N4O4. The van der Waals surface area contributed by atoms with Crippen molar-refractivity contribution in [2.45, 2.75) is 38.8 Å². The van der Waals surface area contributed by atoms with Gasteiger partial charge in [-0.3, -0.25) is 9.59 Å². The van der Waals surface area contributed by atoms with Crippen molar-refractivity contribution in [1.29, 1.82) is 0 Å². The number of carbonyl (C=O) groups excluding carboxylic acids is 2. The zero-order valence-electron chi connectivity index (χ0n) is 15.8. The highest BCUT2D eigenvalue weighted by molar-refractivity contribution is 5.95. The van der Waals surface area contributed by atoms with Gasteiger partial charge in [-0.25, -0.2) is 9.48 Å². The number of benzene rings is 1. The second-order valence-electron chi connectivity index (χ2n) is 7.61. The van der Waals surface area contributed by atoms with Gasteiger partial charge in [0.2, 0.25) is 5.91 Å². The zero-order chi connectivity index (χ0) is 20.0. The molecule has 8 nitrogen and oxygen atoms in total. The molecule has 2 aliphatic rings. The van der Waals surface area contributed by atoms with E-state index in [1.807, 2.05) is 4.90 Å². The molecule has 0 unspecified atom stereocenters. The molecule has 0 spiro atoms. The van der Waals surface area contributed by atoms with E-state index in [0.29, 0.717) is 41.9 Å². The van der Waals surface area contributed by atoms with Crippen molar-refractivity contribution in [3.63, 3.8) is 0 Å². The van der Waals surface area contributed by atoms with Gasteiger partial charge in [0.25, 0.3) is 5.91 Å². The molecule has 0 radical (unpaired) electrons. The van der Waals surface area contributed by atoms with E-state index >= 15 is 0 Å². The molecule has 28 heavy (non-hydrogen) atoms. The predicted octanol–water partition coefficient (Wildman–Crippen LogP) is 1.62. The van der Waals surface area contributed by atoms with Crippen LogP contribution in [-0.4, -0.2) is 56.2 Å². The van der Waals surface area contributed by atoms with E-state index in [0.717, 1.165) is 6.42 Å². The van der Waals surface area contributed by atoms with Gasteiger partial charge >= 0.3 is 5.97 Å². The molecule has 2 amide bonds. The second kappa shape index (κ2) is 6.78. The van der Waals surface area contributed by atoms with Crippen LogP contribution in [0.15, 0.2) is 30.5 Å². The fourth-order valence-corrected chi connectivity index (χ4v) is 3.79. The van der Waals surface area contributed by atoms with E-state index in [2.05, 4.69) is 17.3 Å². The summed E-state index contributed by atoms with van der Waals surface area (Å²) >= 11 is 0. The van der Waals surface area contributed by atoms with Crippen LogP contribution in [0.1, 0.15) is 46.2 Å². The Morgan fingerprint density at radius 1 is 1.25 bits per heavy atom. The molecule has 1 aliphatic heterocycles. The van der Waals surface area contributed by atoms with Crippen LogP contribution in [0.3, 0.4) is 0 Å². The third-order valence-electron chi connectivity index (χ3n) is 5.58. The van der Waals surface area contributed by atoms with E-state index in [4.69, 9.17) is 5.11 Å². The standard InChI is InChI=1S/C20H22N4O4/c1-11-7-17(11)23-10-14(8-18(23)25)22-19(26)13-3-5-15(6-4-13)24-12(2)16(9-21-24)20(27)28/h3-6,9,11,14,17H,7-8,10H2,1-2H3,(H,22,26)(H,27,28)/t11-,14-,17+/m1/s1. The predicted molar refractivity (Wildman–Crippen MR) is 100 cm³/mol. The average Bonchev–Trinajstić information content (AvgIpc) is 3.07. The minimum Gasteiger partial charge on any atom is -0.478 e. The van der Waals surface area contributed by atoms with E-state index < -0.39 is 5.97 Å². The molecule has 4 rings (SSSR count). The van der Waals surface area contributed by atoms with Crippen molar-refractivity contribution in [2.24, 2.45) is 5.92 Å². The first-order valence-electron chi connectivity index (χ1n) is 9.34. The second-order valence-corrected chi connectivity index (χ2v) is 7.61. The highest BCUT2D eigenvalue weighted by Gasteiger charge is 2.44. The molecule has 2 heterocycles. The molecule has 3 atom stereocenters. The maximum Gasteiger partial charge on any atom is 0.339 e. The SMILES string of the molecule is Cc1c(C(=O)O)cnn1-c1ccc(C(=O)N[C@@H]2CC(=O)N([C@H]3C[C@H]3C)C2)cc1. The molecule has 2 N–H and O–H groups in total. The third kappa shape index (κ3) is 3.26. The molecule has 1 saturated carbocycles. The Bertz CT molecular complexity index is 950. The number of carbonyl (C=O) groups is 3. The number of rotatable bonds is 5. The highest BCUT2D eigenvalue weighted by Crippen LogP contribution is 2.37. The third-order valence-corrected chi connectivity index (χ3v) is 5.58. The van der Waals surface area contributed by atoms with Gasteiger partial charge in [-0.05, 0) is 43.5 Å². The molecule has 8 heteroatoms. The Labute approximate surface area is 162 Å². The summed E-state index contributed by atoms with van der Waals surface area (Å²) in [7, 11) is 0. The number of carboxylic acids is 1. The van der Waals surface area contributed by atoms with Crippen molar-refractivity contribution < 1.29 is 19.5 Å². The molecule has 0 bridgehead atoms. The van der Waals surface area contributed by atoms with Gasteiger partial charge in [0, 0.05) is 24.6 Å². The number of carboxylic acid groups (broad SMARTS) is 1. The maximum atomic E-state index is 12.5. The summed E-state index contributed by atoms with van der Waals surface area (Å²) in [4.78, 5) is 37.7. The van der Waals surface area contributed by atoms with E-state index in [1.165, 1.54) is 10.9 Å². The average molecular weight is 382 g/mol. The first kappa shape index (κ1) is 18.2. The van der Waals surface area contributed by atoms with Gasteiger partial charge in [0.05, 0.1) is 23.6 Å². The summed E-state index contributed by atoms with van der Waals surface area (Å²) in [5.41, 5.74) is 1.81. The first-order valence-corrected chi connectivity index (χ1v) is 9.34. The Hall–Kier alpha value is -3.16. The topological polar surface area (TPSA) is 105 Å². The van der Waals surface area contributed by atoms with Gasteiger partial charge in [0.15, 0.2) is 0 Å². The molecule has 1 aliphatic carbocycles. The number of hydrogen-bond donors (Lipinski definition) is 2. The molecule has 2 fully saturated rings. The molecule has 1 aromatic heterocycles. The smallest absolute Gasteiger partial charge is 0.339 e. The van der Waals surface area contributed by atoms with Crippen molar-refractivity contribution in [3.05, 3.63) is 47.3 Å². The van der Waals surface area contributed by atoms with E-state index in [1.54, 1.807) is 31.2 Å². The van der Waals surface area contributed by atoms with Gasteiger partial charge in [0.1, 0.15) is 5.56 Å². The normalized spacial score (nSPS) is 23.7. The van der Waals surface area contributed by atoms with Gasteiger partial charge in [-0.2, -0.15) is 5.10 Å². The van der Waals surface area contributed by atoms with Crippen LogP contribution in [0.25, 0.3) is 5.69 Å². The lowest BCUT2D eigenvalue weighted by atomic mass is 10.1. The van der Waals surface area contributed by atoms with Crippen LogP contribution in [0.4, 0.5) is 0 Å². The summed E-state index contributed by atoms with van der Waals surface area (Å²) < 4.78 is 1.52. The van der Waals surface area contributed by atoms with Crippen molar-refractivity contribution in [1.82, 2.24) is 20.0 Å². The van der Waals surface area contributed by atoms with E-state index in [-0.39, 0.29) is 23.4 Å². The number of nitrogens with zero attached hydrogens (tertiary/aromatic N) is 3. The van der Waals surface area contributed by atoms with Crippen molar-refractivity contribution in [2.75, 3.05) is 6.54 Å². The summed E-state index contributed by atoms with van der Waals surface area (Å²) in [5.74, 6) is -0.587. The summed E-state index contributed by atoms with van der Waals surface area (Å²) in [6.07, 6.45) is 2.70. The minimum absolute atomic E-state index is 0.110. The molecule has 1 aromatic carbocycles. The number of amides is 2. The zero-order valence-corrected chi connectivity index (χ0v) is 15.8. The monoisotopic (exact) mass is 382 g/mol. The highest BCUT2D eigenvalue weighted by atomic mass is 16.4. The summed E-state index contributed by atoms with van der Waals surface area (Å²) in [6, 6.07) is 6.95. The Morgan fingerprint density at radius 2 is 1.93 bits per heavy atom. The summed E-state index contributed by atoms with van der Waals surface area (Å²) in [6.45, 7) is 4.38. The van der Waals surface area contributed by atoms with Crippen LogP contribution in [0, 0.1) is 12.8 Å². The number of aromatic carboxylic acids is 1. The quantitative estimate of drug-likeness (QED) is 0.818. The van der Waals surface area contributed by atoms with Crippen molar-refractivity contribution in [3.8, 4) is 5.69 Å². The van der Waals surface area contributed by atoms with Crippen LogP contribution < -0.4 is 5.32 Å². The number of nitrogens with one attached hydrogen (secondary N) is 1. The van der Waals surface area contributed by atoms with Crippen LogP contribution in [0.5, 0.6) is 0 Å². The lowest BCUT2D eigenvalue weighted by Gasteiger charge is -2.17. The molecule has 146 valence electrons. The van der Waals surface area contributed by atoms with Crippen LogP contribution in [-0.2, 0) is 4.79 Å². The largest absolute Gasteiger partial charge is 0.478 e. The summed E-state index contributed by atoms with van der Waals surface area (Å²) in [5, 5.41) is 16.2. The number of aromatic nitrogens is 2. The minimum atomic E-state index is -1.03. The van der Waals surface area contributed by atoms with Gasteiger partial charge < -0.3 is 15.3 Å².